The maximum absolute atomic E-state index is 13.3. The molecular formula is C24H27F3N2O3S. The Kier molecular flexibility index (Phi) is 6.81. The van der Waals surface area contributed by atoms with E-state index in [1.807, 2.05) is 23.1 Å². The topological polar surface area (TPSA) is 57.7 Å². The van der Waals surface area contributed by atoms with E-state index in [1.165, 1.54) is 17.7 Å². The predicted molar refractivity (Wildman–Crippen MR) is 118 cm³/mol. The van der Waals surface area contributed by atoms with Crippen LogP contribution in [0.15, 0.2) is 59.5 Å². The van der Waals surface area contributed by atoms with Crippen LogP contribution in [0.3, 0.4) is 0 Å². The molecule has 0 spiro atoms. The smallest absolute Gasteiger partial charge is 0.342 e. The minimum atomic E-state index is -4.76. The number of piperidine rings is 2. The molecule has 2 aromatic rings. The molecule has 2 aromatic carbocycles. The van der Waals surface area contributed by atoms with Crippen molar-refractivity contribution < 1.29 is 26.4 Å². The third-order valence-corrected chi connectivity index (χ3v) is 8.65. The van der Waals surface area contributed by atoms with Crippen molar-refractivity contribution in [3.8, 4) is 0 Å². The normalized spacial score (nSPS) is 19.5. The Morgan fingerprint density at radius 3 is 2.00 bits per heavy atom. The molecule has 0 saturated carbocycles. The van der Waals surface area contributed by atoms with Gasteiger partial charge in [-0.15, -0.1) is 0 Å². The van der Waals surface area contributed by atoms with Crippen LogP contribution >= 0.6 is 0 Å². The highest BCUT2D eigenvalue weighted by Gasteiger charge is 2.40. The second-order valence-electron chi connectivity index (χ2n) is 8.68. The molecule has 9 heteroatoms. The van der Waals surface area contributed by atoms with Gasteiger partial charge in [-0.1, -0.05) is 42.5 Å². The number of amides is 1. The van der Waals surface area contributed by atoms with Crippen molar-refractivity contribution in [1.82, 2.24) is 9.21 Å². The SMILES string of the molecule is O=C(C1CCN(S(=O)(=O)c2ccccc2C(F)(F)F)CC1)N1CCC(c2ccccc2)CC1. The van der Waals surface area contributed by atoms with E-state index in [4.69, 9.17) is 0 Å². The van der Waals surface area contributed by atoms with E-state index in [0.29, 0.717) is 31.8 Å². The first-order valence-electron chi connectivity index (χ1n) is 11.2. The molecule has 0 radical (unpaired) electrons. The molecule has 2 aliphatic heterocycles. The fourth-order valence-corrected chi connectivity index (χ4v) is 6.51. The number of likely N-dealkylation sites (tertiary alicyclic amines) is 1. The van der Waals surface area contributed by atoms with Crippen LogP contribution in [-0.2, 0) is 21.0 Å². The maximum atomic E-state index is 13.3. The van der Waals surface area contributed by atoms with Gasteiger partial charge in [0.25, 0.3) is 0 Å². The molecule has 0 unspecified atom stereocenters. The summed E-state index contributed by atoms with van der Waals surface area (Å²) in [7, 11) is -4.30. The molecule has 1 amide bonds. The number of benzene rings is 2. The summed E-state index contributed by atoms with van der Waals surface area (Å²) in [6.07, 6.45) is -2.37. The van der Waals surface area contributed by atoms with Crippen molar-refractivity contribution in [3.63, 3.8) is 0 Å². The predicted octanol–water partition coefficient (Wildman–Crippen LogP) is 4.51. The Balaban J connectivity index is 1.36. The number of nitrogens with zero attached hydrogens (tertiary/aromatic N) is 2. The summed E-state index contributed by atoms with van der Waals surface area (Å²) in [4.78, 5) is 14.1. The van der Waals surface area contributed by atoms with Gasteiger partial charge in [-0.3, -0.25) is 4.79 Å². The maximum Gasteiger partial charge on any atom is 0.417 e. The Morgan fingerprint density at radius 2 is 1.39 bits per heavy atom. The quantitative estimate of drug-likeness (QED) is 0.647. The molecular weight excluding hydrogens is 453 g/mol. The molecule has 0 aliphatic carbocycles. The van der Waals surface area contributed by atoms with Gasteiger partial charge < -0.3 is 4.90 Å². The molecule has 0 atom stereocenters. The zero-order valence-electron chi connectivity index (χ0n) is 18.2. The number of rotatable bonds is 4. The van der Waals surface area contributed by atoms with Crippen LogP contribution in [0.1, 0.15) is 42.7 Å². The van der Waals surface area contributed by atoms with Crippen LogP contribution in [0, 0.1) is 5.92 Å². The van der Waals surface area contributed by atoms with Crippen molar-refractivity contribution in [2.45, 2.75) is 42.7 Å². The molecule has 2 heterocycles. The summed E-state index contributed by atoms with van der Waals surface area (Å²) in [5.74, 6) is 0.146. The minimum absolute atomic E-state index is 0.0225. The van der Waals surface area contributed by atoms with E-state index in [9.17, 15) is 26.4 Å². The van der Waals surface area contributed by atoms with E-state index < -0.39 is 26.7 Å². The molecule has 33 heavy (non-hydrogen) atoms. The third kappa shape index (κ3) is 5.09. The van der Waals surface area contributed by atoms with E-state index >= 15 is 0 Å². The average molecular weight is 481 g/mol. The van der Waals surface area contributed by atoms with Gasteiger partial charge in [0.15, 0.2) is 0 Å². The number of carbonyl (C=O) groups excluding carboxylic acids is 1. The van der Waals surface area contributed by atoms with Crippen LogP contribution in [0.25, 0.3) is 0 Å². The number of sulfonamides is 1. The Labute approximate surface area is 192 Å². The molecule has 5 nitrogen and oxygen atoms in total. The standard InChI is InChI=1S/C24H27F3N2O3S/c25-24(26,27)21-8-4-5-9-22(21)33(31,32)29-16-12-20(13-17-29)23(30)28-14-10-19(11-15-28)18-6-2-1-3-7-18/h1-9,19-20H,10-17H2. The number of carbonyl (C=O) groups is 1. The monoisotopic (exact) mass is 480 g/mol. The zero-order chi connectivity index (χ0) is 23.6. The summed E-state index contributed by atoms with van der Waals surface area (Å²) in [6, 6.07) is 14.5. The summed E-state index contributed by atoms with van der Waals surface area (Å²) in [5, 5.41) is 0. The summed E-state index contributed by atoms with van der Waals surface area (Å²) >= 11 is 0. The Bertz CT molecular complexity index is 1070. The second-order valence-corrected chi connectivity index (χ2v) is 10.6. The first-order valence-corrected chi connectivity index (χ1v) is 12.6. The van der Waals surface area contributed by atoms with Crippen LogP contribution in [-0.4, -0.2) is 49.7 Å². The lowest BCUT2D eigenvalue weighted by atomic mass is 9.88. The Hall–Kier alpha value is -2.39. The van der Waals surface area contributed by atoms with Gasteiger partial charge in [0.2, 0.25) is 15.9 Å². The van der Waals surface area contributed by atoms with Gasteiger partial charge >= 0.3 is 6.18 Å². The van der Waals surface area contributed by atoms with Crippen molar-refractivity contribution in [2.75, 3.05) is 26.2 Å². The van der Waals surface area contributed by atoms with Crippen molar-refractivity contribution in [1.29, 1.82) is 0 Å². The fraction of sp³-hybridized carbons (Fsp3) is 0.458. The highest BCUT2D eigenvalue weighted by atomic mass is 32.2. The van der Waals surface area contributed by atoms with E-state index in [-0.39, 0.29) is 24.9 Å². The lowest BCUT2D eigenvalue weighted by Gasteiger charge is -2.37. The Morgan fingerprint density at radius 1 is 0.818 bits per heavy atom. The summed E-state index contributed by atoms with van der Waals surface area (Å²) in [6.45, 7) is 1.39. The molecule has 0 bridgehead atoms. The summed E-state index contributed by atoms with van der Waals surface area (Å²) < 4.78 is 66.9. The number of halogens is 3. The van der Waals surface area contributed by atoms with E-state index in [0.717, 1.165) is 29.3 Å². The van der Waals surface area contributed by atoms with Gasteiger partial charge in [0.05, 0.1) is 10.5 Å². The van der Waals surface area contributed by atoms with Crippen molar-refractivity contribution in [2.24, 2.45) is 5.92 Å². The van der Waals surface area contributed by atoms with Gasteiger partial charge in [-0.2, -0.15) is 17.5 Å². The number of hydrogen-bond donors (Lipinski definition) is 0. The first kappa shape index (κ1) is 23.8. The lowest BCUT2D eigenvalue weighted by molar-refractivity contribution is -0.140. The van der Waals surface area contributed by atoms with Gasteiger partial charge in [0.1, 0.15) is 0 Å². The highest BCUT2D eigenvalue weighted by Crippen LogP contribution is 2.36. The van der Waals surface area contributed by atoms with Crippen LogP contribution < -0.4 is 0 Å². The fourth-order valence-electron chi connectivity index (χ4n) is 4.82. The lowest BCUT2D eigenvalue weighted by Crippen LogP contribution is -2.46. The third-order valence-electron chi connectivity index (χ3n) is 6.69. The van der Waals surface area contributed by atoms with Crippen LogP contribution in [0.2, 0.25) is 0 Å². The largest absolute Gasteiger partial charge is 0.417 e. The van der Waals surface area contributed by atoms with E-state index in [1.54, 1.807) is 0 Å². The van der Waals surface area contributed by atoms with Gasteiger partial charge in [-0.05, 0) is 49.3 Å². The average Bonchev–Trinajstić information content (AvgIpc) is 2.84. The van der Waals surface area contributed by atoms with Crippen molar-refractivity contribution >= 4 is 15.9 Å². The molecule has 4 rings (SSSR count). The summed E-state index contributed by atoms with van der Waals surface area (Å²) in [5.41, 5.74) is 0.117. The van der Waals surface area contributed by atoms with Crippen LogP contribution in [0.4, 0.5) is 13.2 Å². The van der Waals surface area contributed by atoms with Gasteiger partial charge in [-0.25, -0.2) is 8.42 Å². The molecule has 2 saturated heterocycles. The molecule has 0 aromatic heterocycles. The highest BCUT2D eigenvalue weighted by molar-refractivity contribution is 7.89. The minimum Gasteiger partial charge on any atom is -0.342 e. The first-order chi connectivity index (χ1) is 15.7. The molecule has 2 aliphatic rings. The number of alkyl halides is 3. The molecule has 2 fully saturated rings. The van der Waals surface area contributed by atoms with Crippen LogP contribution in [0.5, 0.6) is 0 Å². The zero-order valence-corrected chi connectivity index (χ0v) is 19.0. The van der Waals surface area contributed by atoms with Gasteiger partial charge in [0, 0.05) is 32.1 Å². The molecule has 178 valence electrons. The van der Waals surface area contributed by atoms with E-state index in [2.05, 4.69) is 12.1 Å². The number of hydrogen-bond acceptors (Lipinski definition) is 3. The second kappa shape index (κ2) is 9.46. The molecule has 0 N–H and O–H groups in total. The van der Waals surface area contributed by atoms with Crippen molar-refractivity contribution in [3.05, 3.63) is 65.7 Å².